The minimum Gasteiger partial charge on any atom is -0.0550 e. The van der Waals surface area contributed by atoms with Crippen LogP contribution in [0.2, 0.25) is 0 Å². The van der Waals surface area contributed by atoms with Gasteiger partial charge in [0.1, 0.15) is 25.3 Å². The van der Waals surface area contributed by atoms with Crippen LogP contribution in [-0.4, -0.2) is 0 Å². The van der Waals surface area contributed by atoms with Gasteiger partial charge in [0.15, 0.2) is 0 Å². The first-order valence-corrected chi connectivity index (χ1v) is 5.52. The van der Waals surface area contributed by atoms with Gasteiger partial charge in [-0.2, -0.15) is 0 Å². The van der Waals surface area contributed by atoms with Crippen molar-refractivity contribution in [2.75, 3.05) is 0 Å². The maximum atomic E-state index is 2.31. The highest BCUT2D eigenvalue weighted by Crippen LogP contribution is 2.33. The summed E-state index contributed by atoms with van der Waals surface area (Å²) >= 11 is 0. The summed E-state index contributed by atoms with van der Waals surface area (Å²) in [6.07, 6.45) is 0. The Morgan fingerprint density at radius 3 is 2.40 bits per heavy atom. The fourth-order valence-corrected chi connectivity index (χ4v) is 2.80. The van der Waals surface area contributed by atoms with E-state index in [4.69, 9.17) is 0 Å². The van der Waals surface area contributed by atoms with Crippen LogP contribution in [0.5, 0.6) is 0 Å². The Hall–Kier alpha value is -0.350. The Bertz CT molecular complexity index is 216. The molecule has 0 radical (unpaired) electrons. The lowest BCUT2D eigenvalue weighted by molar-refractivity contribution is 0.887. The van der Waals surface area contributed by atoms with Gasteiger partial charge in [-0.05, 0) is 12.1 Å². The first-order chi connectivity index (χ1) is 4.72. The highest BCUT2D eigenvalue weighted by atomic mass is 31.1. The third-order valence-electron chi connectivity index (χ3n) is 1.69. The lowest BCUT2D eigenvalue weighted by Crippen LogP contribution is -1.82. The van der Waals surface area contributed by atoms with Gasteiger partial charge in [0, 0.05) is 5.92 Å². The van der Waals surface area contributed by atoms with Crippen molar-refractivity contribution in [2.45, 2.75) is 19.8 Å². The third-order valence-corrected chi connectivity index (χ3v) is 3.79. The van der Waals surface area contributed by atoms with Crippen LogP contribution in [0.3, 0.4) is 0 Å². The minimum absolute atomic E-state index is 0.0548. The van der Waals surface area contributed by atoms with Crippen LogP contribution in [0.25, 0.3) is 0 Å². The number of hydrogen-bond donors (Lipinski definition) is 0. The zero-order chi connectivity index (χ0) is 7.56. The second kappa shape index (κ2) is 3.16. The largest absolute Gasteiger partial charge is 0.128 e. The standard InChI is InChI=1S/C9H14P/c1-8(2)9-6-4-5-7-10(9)3/h4-8H,1-3H3/q+1. The molecule has 1 heterocycles. The van der Waals surface area contributed by atoms with Gasteiger partial charge in [-0.1, -0.05) is 19.9 Å². The topological polar surface area (TPSA) is 0 Å². The molecule has 0 bridgehead atoms. The minimum atomic E-state index is 0.0548. The molecular formula is C9H14P+. The van der Waals surface area contributed by atoms with Gasteiger partial charge >= 0.3 is 0 Å². The molecule has 10 heavy (non-hydrogen) atoms. The molecule has 0 fully saturated rings. The first kappa shape index (κ1) is 7.75. The first-order valence-electron chi connectivity index (χ1n) is 3.66. The summed E-state index contributed by atoms with van der Waals surface area (Å²) in [6, 6.07) is 6.55. The normalized spacial score (nSPS) is 12.2. The van der Waals surface area contributed by atoms with E-state index in [-0.39, 0.29) is 7.53 Å². The summed E-state index contributed by atoms with van der Waals surface area (Å²) in [6.45, 7) is 6.83. The van der Waals surface area contributed by atoms with Crippen LogP contribution in [0, 0.1) is 0 Å². The molecule has 1 aromatic heterocycles. The Labute approximate surface area is 64.0 Å². The second-order valence-corrected chi connectivity index (χ2v) is 4.93. The van der Waals surface area contributed by atoms with Gasteiger partial charge in [-0.25, -0.2) is 0 Å². The van der Waals surface area contributed by atoms with E-state index in [0.29, 0.717) is 0 Å². The van der Waals surface area contributed by atoms with E-state index < -0.39 is 0 Å². The predicted octanol–water partition coefficient (Wildman–Crippen LogP) is 3.61. The van der Waals surface area contributed by atoms with E-state index >= 15 is 0 Å². The van der Waals surface area contributed by atoms with Crippen molar-refractivity contribution in [1.82, 2.24) is 0 Å². The van der Waals surface area contributed by atoms with Gasteiger partial charge in [0.05, 0.1) is 0 Å². The molecule has 0 nitrogen and oxygen atoms in total. The molecule has 0 saturated heterocycles. The maximum absolute atomic E-state index is 2.31. The van der Waals surface area contributed by atoms with E-state index in [1.54, 1.807) is 5.30 Å². The summed E-state index contributed by atoms with van der Waals surface area (Å²) in [5, 5.41) is 1.61. The van der Waals surface area contributed by atoms with E-state index in [9.17, 15) is 0 Å². The molecule has 1 heteroatoms. The number of hydrogen-bond acceptors (Lipinski definition) is 0. The van der Waals surface area contributed by atoms with Crippen molar-refractivity contribution in [3.63, 3.8) is 0 Å². The molecule has 0 N–H and O–H groups in total. The summed E-state index contributed by atoms with van der Waals surface area (Å²) in [5.41, 5.74) is 0. The van der Waals surface area contributed by atoms with Gasteiger partial charge < -0.3 is 0 Å². The van der Waals surface area contributed by atoms with Crippen molar-refractivity contribution in [3.05, 3.63) is 29.3 Å². The molecule has 1 unspecified atom stereocenters. The molecule has 1 atom stereocenters. The fourth-order valence-electron chi connectivity index (χ4n) is 1.14. The van der Waals surface area contributed by atoms with Gasteiger partial charge in [0.2, 0.25) is 0 Å². The van der Waals surface area contributed by atoms with Crippen LogP contribution in [0.15, 0.2) is 24.0 Å². The number of aryl methyl sites for hydroxylation is 1. The highest BCUT2D eigenvalue weighted by Gasteiger charge is 2.09. The van der Waals surface area contributed by atoms with Crippen molar-refractivity contribution < 1.29 is 0 Å². The lowest BCUT2D eigenvalue weighted by atomic mass is 10.2. The monoisotopic (exact) mass is 153 g/mol. The van der Waals surface area contributed by atoms with E-state index in [1.165, 1.54) is 0 Å². The average Bonchev–Trinajstić information content (AvgIpc) is 1.88. The fraction of sp³-hybridized carbons (Fsp3) is 0.444. The van der Waals surface area contributed by atoms with Crippen LogP contribution in [0.1, 0.15) is 25.1 Å². The lowest BCUT2D eigenvalue weighted by Gasteiger charge is -1.97. The SMILES string of the molecule is CC(C)c1cccc[p+]1C. The molecule has 54 valence electrons. The van der Waals surface area contributed by atoms with E-state index in [2.05, 4.69) is 44.5 Å². The van der Waals surface area contributed by atoms with E-state index in [0.717, 1.165) is 5.92 Å². The maximum Gasteiger partial charge on any atom is 0.128 e. The molecule has 0 aliphatic rings. The van der Waals surface area contributed by atoms with E-state index in [1.807, 2.05) is 0 Å². The molecular weight excluding hydrogens is 139 g/mol. The molecule has 0 spiro atoms. The zero-order valence-electron chi connectivity index (χ0n) is 6.83. The number of rotatable bonds is 1. The smallest absolute Gasteiger partial charge is 0.0550 e. The average molecular weight is 153 g/mol. The molecule has 1 rings (SSSR count). The van der Waals surface area contributed by atoms with Crippen molar-refractivity contribution in [1.29, 1.82) is 0 Å². The predicted molar refractivity (Wildman–Crippen MR) is 48.6 cm³/mol. The molecule has 0 aromatic carbocycles. The van der Waals surface area contributed by atoms with Crippen molar-refractivity contribution in [2.24, 2.45) is 6.66 Å². The molecule has 0 aliphatic carbocycles. The van der Waals surface area contributed by atoms with Gasteiger partial charge in [0.25, 0.3) is 0 Å². The second-order valence-electron chi connectivity index (χ2n) is 2.89. The van der Waals surface area contributed by atoms with Crippen LogP contribution < -0.4 is 0 Å². The Morgan fingerprint density at radius 1 is 1.30 bits per heavy atom. The molecule has 0 amide bonds. The van der Waals surface area contributed by atoms with Crippen molar-refractivity contribution in [3.8, 4) is 0 Å². The van der Waals surface area contributed by atoms with Crippen LogP contribution in [0.4, 0.5) is 0 Å². The summed E-state index contributed by atoms with van der Waals surface area (Å²) in [7, 11) is 0.0548. The molecule has 0 saturated carbocycles. The summed E-state index contributed by atoms with van der Waals surface area (Å²) < 4.78 is 0. The zero-order valence-corrected chi connectivity index (χ0v) is 7.73. The van der Waals surface area contributed by atoms with Gasteiger partial charge in [-0.3, -0.25) is 0 Å². The molecule has 1 aromatic rings. The Morgan fingerprint density at radius 2 is 2.00 bits per heavy atom. The van der Waals surface area contributed by atoms with Crippen molar-refractivity contribution >= 4 is 7.53 Å². The summed E-state index contributed by atoms with van der Waals surface area (Å²) in [4.78, 5) is 0. The summed E-state index contributed by atoms with van der Waals surface area (Å²) in [5.74, 6) is 3.03. The molecule has 0 aliphatic heterocycles. The quantitative estimate of drug-likeness (QED) is 0.578. The van der Waals surface area contributed by atoms with Crippen LogP contribution in [-0.2, 0) is 6.66 Å². The van der Waals surface area contributed by atoms with Gasteiger partial charge in [-0.15, -0.1) is 0 Å². The Kier molecular flexibility index (Phi) is 2.45. The highest BCUT2D eigenvalue weighted by molar-refractivity contribution is 7.47. The third kappa shape index (κ3) is 1.58. The van der Waals surface area contributed by atoms with Crippen LogP contribution >= 0.6 is 7.53 Å². The Balaban J connectivity index is 3.03.